The Kier molecular flexibility index (Phi) is 8.13. The van der Waals surface area contributed by atoms with Crippen molar-refractivity contribution in [2.24, 2.45) is 0 Å². The molecule has 3 amide bonds. The second-order valence-electron chi connectivity index (χ2n) is 5.59. The van der Waals surface area contributed by atoms with Gasteiger partial charge in [-0.05, 0) is 25.0 Å². The van der Waals surface area contributed by atoms with Crippen molar-refractivity contribution >= 4 is 17.6 Å². The Hall–Kier alpha value is -2.88. The third kappa shape index (κ3) is 5.92. The second-order valence-corrected chi connectivity index (χ2v) is 5.59. The molecular formula is C18H23N3O4. The fraction of sp³-hybridized carbons (Fsp3) is 0.444. The highest BCUT2D eigenvalue weighted by Gasteiger charge is 2.20. The summed E-state index contributed by atoms with van der Waals surface area (Å²) in [7, 11) is 0. The molecule has 1 rings (SSSR count). The van der Waals surface area contributed by atoms with E-state index in [2.05, 4.69) is 11.2 Å². The molecule has 0 aromatic heterocycles. The quantitative estimate of drug-likeness (QED) is 0.444. The number of unbranched alkanes of at least 4 members (excludes halogenated alkanes) is 2. The lowest BCUT2D eigenvalue weighted by Gasteiger charge is -2.22. The largest absolute Gasteiger partial charge is 0.324 e. The third-order valence-electron chi connectivity index (χ3n) is 3.68. The van der Waals surface area contributed by atoms with Crippen molar-refractivity contribution in [3.05, 3.63) is 39.4 Å². The van der Waals surface area contributed by atoms with Crippen molar-refractivity contribution in [2.45, 2.75) is 39.5 Å². The van der Waals surface area contributed by atoms with Gasteiger partial charge in [-0.15, -0.1) is 6.42 Å². The van der Waals surface area contributed by atoms with Gasteiger partial charge in [0.25, 0.3) is 11.6 Å². The van der Waals surface area contributed by atoms with Crippen LogP contribution in [0.4, 0.5) is 10.5 Å². The fourth-order valence-electron chi connectivity index (χ4n) is 2.21. The molecule has 25 heavy (non-hydrogen) atoms. The Morgan fingerprint density at radius 3 is 2.32 bits per heavy atom. The molecule has 0 aliphatic rings. The number of amides is 3. The Bertz CT molecular complexity index is 671. The van der Waals surface area contributed by atoms with Crippen LogP contribution in [0.3, 0.4) is 0 Å². The van der Waals surface area contributed by atoms with Gasteiger partial charge < -0.3 is 4.90 Å². The summed E-state index contributed by atoms with van der Waals surface area (Å²) in [5, 5.41) is 13.3. The van der Waals surface area contributed by atoms with E-state index in [9.17, 15) is 19.7 Å². The zero-order valence-electron chi connectivity index (χ0n) is 14.6. The van der Waals surface area contributed by atoms with Gasteiger partial charge in [-0.2, -0.15) is 0 Å². The van der Waals surface area contributed by atoms with Crippen LogP contribution in [-0.4, -0.2) is 34.9 Å². The van der Waals surface area contributed by atoms with Gasteiger partial charge in [0.15, 0.2) is 0 Å². The first-order chi connectivity index (χ1) is 11.9. The lowest BCUT2D eigenvalue weighted by Crippen LogP contribution is -2.43. The van der Waals surface area contributed by atoms with E-state index in [4.69, 9.17) is 6.42 Å². The molecule has 0 saturated carbocycles. The number of imide groups is 1. The molecule has 0 saturated heterocycles. The second kappa shape index (κ2) is 10.1. The van der Waals surface area contributed by atoms with Crippen LogP contribution in [0.1, 0.15) is 55.5 Å². The summed E-state index contributed by atoms with van der Waals surface area (Å²) in [5.41, 5.74) is -0.234. The highest BCUT2D eigenvalue weighted by Crippen LogP contribution is 2.19. The first kappa shape index (κ1) is 20.2. The van der Waals surface area contributed by atoms with E-state index >= 15 is 0 Å². The van der Waals surface area contributed by atoms with Gasteiger partial charge in [0.1, 0.15) is 5.56 Å². The molecule has 1 aromatic rings. The topological polar surface area (TPSA) is 92.6 Å². The van der Waals surface area contributed by atoms with Crippen LogP contribution < -0.4 is 5.32 Å². The zero-order chi connectivity index (χ0) is 18.8. The van der Waals surface area contributed by atoms with Crippen molar-refractivity contribution < 1.29 is 14.5 Å². The van der Waals surface area contributed by atoms with Gasteiger partial charge in [0.2, 0.25) is 0 Å². The summed E-state index contributed by atoms with van der Waals surface area (Å²) < 4.78 is 0. The zero-order valence-corrected chi connectivity index (χ0v) is 14.6. The normalized spacial score (nSPS) is 9.96. The maximum absolute atomic E-state index is 12.3. The van der Waals surface area contributed by atoms with Gasteiger partial charge in [-0.1, -0.05) is 32.6 Å². The van der Waals surface area contributed by atoms with Crippen LogP contribution in [0, 0.1) is 22.5 Å². The van der Waals surface area contributed by atoms with E-state index < -0.39 is 16.9 Å². The molecule has 0 aliphatic carbocycles. The Balaban J connectivity index is 2.89. The number of nitro benzene ring substituents is 1. The van der Waals surface area contributed by atoms with Crippen LogP contribution >= 0.6 is 0 Å². The summed E-state index contributed by atoms with van der Waals surface area (Å²) in [4.78, 5) is 36.5. The number of benzene rings is 1. The van der Waals surface area contributed by atoms with E-state index in [-0.39, 0.29) is 16.8 Å². The number of terminal acetylenes is 1. The highest BCUT2D eigenvalue weighted by atomic mass is 16.6. The summed E-state index contributed by atoms with van der Waals surface area (Å²) in [6, 6.07) is 3.28. The maximum Gasteiger partial charge on any atom is 0.324 e. The SMILES string of the molecule is C#Cc1ccc(C(=O)NC(=O)N(CCCC)CCCC)cc1[N+](=O)[O-]. The molecule has 0 radical (unpaired) electrons. The molecule has 0 unspecified atom stereocenters. The number of urea groups is 1. The molecule has 1 aromatic carbocycles. The number of hydrogen-bond donors (Lipinski definition) is 1. The first-order valence-electron chi connectivity index (χ1n) is 8.29. The van der Waals surface area contributed by atoms with Crippen molar-refractivity contribution in [1.29, 1.82) is 0 Å². The predicted octanol–water partition coefficient (Wildman–Crippen LogP) is 3.33. The van der Waals surface area contributed by atoms with Gasteiger partial charge in [0, 0.05) is 24.7 Å². The number of carbonyl (C=O) groups is 2. The van der Waals surface area contributed by atoms with Crippen molar-refractivity contribution in [3.63, 3.8) is 0 Å². The Morgan fingerprint density at radius 1 is 1.24 bits per heavy atom. The monoisotopic (exact) mass is 345 g/mol. The molecule has 0 heterocycles. The van der Waals surface area contributed by atoms with Crippen LogP contribution in [0.25, 0.3) is 0 Å². The molecule has 0 atom stereocenters. The van der Waals surface area contributed by atoms with Crippen LogP contribution in [0.2, 0.25) is 0 Å². The first-order valence-corrected chi connectivity index (χ1v) is 8.29. The lowest BCUT2D eigenvalue weighted by atomic mass is 10.1. The smallest absolute Gasteiger partial charge is 0.324 e. The molecule has 1 N–H and O–H groups in total. The Labute approximate surface area is 147 Å². The van der Waals surface area contributed by atoms with Crippen molar-refractivity contribution in [2.75, 3.05) is 13.1 Å². The van der Waals surface area contributed by atoms with Crippen molar-refractivity contribution in [3.8, 4) is 12.3 Å². The molecule has 0 fully saturated rings. The maximum atomic E-state index is 12.3. The molecule has 0 bridgehead atoms. The molecule has 0 aliphatic heterocycles. The van der Waals surface area contributed by atoms with Gasteiger partial charge in [-0.25, -0.2) is 4.79 Å². The summed E-state index contributed by atoms with van der Waals surface area (Å²) in [5.74, 6) is 1.51. The average Bonchev–Trinajstić information content (AvgIpc) is 2.60. The molecule has 7 heteroatoms. The molecular weight excluding hydrogens is 322 g/mol. The highest BCUT2D eigenvalue weighted by molar-refractivity contribution is 6.04. The van der Waals surface area contributed by atoms with Crippen LogP contribution in [0.5, 0.6) is 0 Å². The van der Waals surface area contributed by atoms with E-state index in [0.29, 0.717) is 13.1 Å². The number of hydrogen-bond acceptors (Lipinski definition) is 4. The number of rotatable bonds is 8. The predicted molar refractivity (Wildman–Crippen MR) is 95.3 cm³/mol. The average molecular weight is 345 g/mol. The fourth-order valence-corrected chi connectivity index (χ4v) is 2.21. The summed E-state index contributed by atoms with van der Waals surface area (Å²) in [6.45, 7) is 5.16. The summed E-state index contributed by atoms with van der Waals surface area (Å²) >= 11 is 0. The van der Waals surface area contributed by atoms with E-state index in [1.54, 1.807) is 4.90 Å². The Morgan fingerprint density at radius 2 is 1.84 bits per heavy atom. The third-order valence-corrected chi connectivity index (χ3v) is 3.68. The molecule has 134 valence electrons. The van der Waals surface area contributed by atoms with Crippen LogP contribution in [-0.2, 0) is 0 Å². The number of nitrogens with one attached hydrogen (secondary N) is 1. The minimum atomic E-state index is -0.685. The summed E-state index contributed by atoms with van der Waals surface area (Å²) in [6.07, 6.45) is 8.76. The van der Waals surface area contributed by atoms with Gasteiger partial charge in [0.05, 0.1) is 4.92 Å². The minimum absolute atomic E-state index is 0.0185. The molecule has 7 nitrogen and oxygen atoms in total. The van der Waals surface area contributed by atoms with Crippen molar-refractivity contribution in [1.82, 2.24) is 10.2 Å². The minimum Gasteiger partial charge on any atom is -0.324 e. The van der Waals surface area contributed by atoms with E-state index in [1.165, 1.54) is 12.1 Å². The lowest BCUT2D eigenvalue weighted by molar-refractivity contribution is -0.385. The van der Waals surface area contributed by atoms with E-state index in [1.807, 2.05) is 13.8 Å². The standard InChI is InChI=1S/C18H23N3O4/c1-4-7-11-20(12-8-5-2)18(23)19-17(22)15-10-9-14(6-3)16(13-15)21(24)25/h3,9-10,13H,4-5,7-8,11-12H2,1-2H3,(H,19,22,23). The number of carbonyl (C=O) groups excluding carboxylic acids is 2. The van der Waals surface area contributed by atoms with E-state index in [0.717, 1.165) is 31.7 Å². The van der Waals surface area contributed by atoms with Crippen LogP contribution in [0.15, 0.2) is 18.2 Å². The van der Waals surface area contributed by atoms with Gasteiger partial charge in [-0.3, -0.25) is 20.2 Å². The number of nitrogens with zero attached hydrogens (tertiary/aromatic N) is 2. The molecule has 0 spiro atoms. The number of nitro groups is 1. The van der Waals surface area contributed by atoms with Gasteiger partial charge >= 0.3 is 6.03 Å².